The second-order valence-corrected chi connectivity index (χ2v) is 4.77. The number of hydrogen-bond acceptors (Lipinski definition) is 3. The molecule has 1 aliphatic rings. The number of nitrogens with zero attached hydrogens (tertiary/aromatic N) is 4. The molecule has 1 fully saturated rings. The molecule has 1 saturated heterocycles. The lowest BCUT2D eigenvalue weighted by Gasteiger charge is -2.40. The normalized spacial score (nSPS) is 17.4. The topological polar surface area (TPSA) is 50.8 Å². The average molecular weight is 346 g/mol. The molecular formula is C12H19IN4. The molecule has 0 unspecified atom stereocenters. The van der Waals surface area contributed by atoms with Gasteiger partial charge in [0.2, 0.25) is 0 Å². The van der Waals surface area contributed by atoms with E-state index in [9.17, 15) is 0 Å². The van der Waals surface area contributed by atoms with E-state index in [0.717, 1.165) is 42.8 Å². The monoisotopic (exact) mass is 346 g/mol. The molecule has 1 heterocycles. The summed E-state index contributed by atoms with van der Waals surface area (Å²) in [6, 6.07) is 3.99. The van der Waals surface area contributed by atoms with Crippen LogP contribution in [0.1, 0.15) is 13.3 Å². The third-order valence-corrected chi connectivity index (χ3v) is 3.18. The van der Waals surface area contributed by atoms with Crippen LogP contribution in [-0.4, -0.2) is 49.7 Å². The van der Waals surface area contributed by atoms with Gasteiger partial charge in [0.1, 0.15) is 17.7 Å². The van der Waals surface area contributed by atoms with E-state index in [0.29, 0.717) is 0 Å². The molecule has 0 aromatic rings. The van der Waals surface area contributed by atoms with Crippen LogP contribution < -0.4 is 24.0 Å². The fourth-order valence-electron chi connectivity index (χ4n) is 1.99. The molecule has 0 aromatic carbocycles. The predicted molar refractivity (Wildman–Crippen MR) is 62.0 cm³/mol. The summed E-state index contributed by atoms with van der Waals surface area (Å²) >= 11 is 0. The van der Waals surface area contributed by atoms with Gasteiger partial charge in [-0.05, 0) is 6.42 Å². The maximum absolute atomic E-state index is 8.90. The smallest absolute Gasteiger partial charge is 0.148 e. The summed E-state index contributed by atoms with van der Waals surface area (Å²) in [6.07, 6.45) is 0.754. The number of rotatable bonds is 2. The fourth-order valence-corrected chi connectivity index (χ4v) is 1.99. The van der Waals surface area contributed by atoms with Gasteiger partial charge in [0.25, 0.3) is 0 Å². The summed E-state index contributed by atoms with van der Waals surface area (Å²) in [6.45, 7) is 5.99. The summed E-state index contributed by atoms with van der Waals surface area (Å²) in [5, 5.41) is 17.8. The van der Waals surface area contributed by atoms with E-state index < -0.39 is 0 Å². The van der Waals surface area contributed by atoms with Gasteiger partial charge < -0.3 is 33.4 Å². The van der Waals surface area contributed by atoms with E-state index in [-0.39, 0.29) is 29.5 Å². The van der Waals surface area contributed by atoms with E-state index >= 15 is 0 Å². The molecule has 1 aliphatic heterocycles. The molecule has 17 heavy (non-hydrogen) atoms. The van der Waals surface area contributed by atoms with Crippen molar-refractivity contribution in [2.75, 3.05) is 40.3 Å². The molecule has 1 rings (SSSR count). The van der Waals surface area contributed by atoms with Gasteiger partial charge in [-0.15, -0.1) is 0 Å². The van der Waals surface area contributed by atoms with E-state index in [2.05, 4.69) is 19.0 Å². The van der Waals surface area contributed by atoms with Gasteiger partial charge in [0.05, 0.1) is 40.3 Å². The highest BCUT2D eigenvalue weighted by molar-refractivity contribution is 5.39. The number of allylic oxidation sites excluding steroid dienone is 2. The molecule has 0 saturated carbocycles. The highest BCUT2D eigenvalue weighted by Gasteiger charge is 2.26. The van der Waals surface area contributed by atoms with Gasteiger partial charge in [-0.2, -0.15) is 10.5 Å². The molecule has 0 atom stereocenters. The van der Waals surface area contributed by atoms with Gasteiger partial charge in [0, 0.05) is 5.70 Å². The van der Waals surface area contributed by atoms with Crippen molar-refractivity contribution in [2.45, 2.75) is 13.3 Å². The van der Waals surface area contributed by atoms with Crippen molar-refractivity contribution in [2.24, 2.45) is 0 Å². The Kier molecular flexibility index (Phi) is 6.51. The van der Waals surface area contributed by atoms with Crippen LogP contribution in [0.2, 0.25) is 0 Å². The van der Waals surface area contributed by atoms with E-state index in [4.69, 9.17) is 10.5 Å². The summed E-state index contributed by atoms with van der Waals surface area (Å²) in [5.74, 6) is 0. The van der Waals surface area contributed by atoms with Crippen LogP contribution in [0.5, 0.6) is 0 Å². The number of quaternary nitrogens is 1. The van der Waals surface area contributed by atoms with Crippen molar-refractivity contribution in [3.8, 4) is 12.1 Å². The summed E-state index contributed by atoms with van der Waals surface area (Å²) < 4.78 is 1.02. The van der Waals surface area contributed by atoms with Crippen LogP contribution in [0.15, 0.2) is 11.3 Å². The lowest BCUT2D eigenvalue weighted by Crippen LogP contribution is -3.00. The lowest BCUT2D eigenvalue weighted by atomic mass is 10.1. The number of halogens is 1. The van der Waals surface area contributed by atoms with Gasteiger partial charge in [0.15, 0.2) is 0 Å². The van der Waals surface area contributed by atoms with Gasteiger partial charge in [-0.25, -0.2) is 0 Å². The van der Waals surface area contributed by atoms with Crippen LogP contribution >= 0.6 is 0 Å². The van der Waals surface area contributed by atoms with Crippen LogP contribution in [-0.2, 0) is 0 Å². The lowest BCUT2D eigenvalue weighted by molar-refractivity contribution is -0.894. The number of likely N-dealkylation sites (N-methyl/N-ethyl adjacent to an activating group) is 1. The Morgan fingerprint density at radius 2 is 1.65 bits per heavy atom. The predicted octanol–water partition coefficient (Wildman–Crippen LogP) is -1.91. The summed E-state index contributed by atoms with van der Waals surface area (Å²) in [7, 11) is 4.42. The zero-order chi connectivity index (χ0) is 12.2. The van der Waals surface area contributed by atoms with Crippen molar-refractivity contribution in [1.82, 2.24) is 4.90 Å². The molecule has 0 bridgehead atoms. The van der Waals surface area contributed by atoms with Gasteiger partial charge in [-0.1, -0.05) is 6.92 Å². The minimum Gasteiger partial charge on any atom is -1.00 e. The van der Waals surface area contributed by atoms with E-state index in [1.165, 1.54) is 0 Å². The number of hydrogen-bond donors (Lipinski definition) is 0. The Morgan fingerprint density at radius 3 is 2.00 bits per heavy atom. The Bertz CT molecular complexity index is 347. The highest BCUT2D eigenvalue weighted by atomic mass is 127. The number of nitriles is 2. The van der Waals surface area contributed by atoms with E-state index in [1.54, 1.807) is 0 Å². The van der Waals surface area contributed by atoms with Crippen LogP contribution in [0.3, 0.4) is 0 Å². The summed E-state index contributed by atoms with van der Waals surface area (Å²) in [4.78, 5) is 2.19. The highest BCUT2D eigenvalue weighted by Crippen LogP contribution is 2.17. The molecule has 0 amide bonds. The minimum atomic E-state index is 0. The molecule has 0 N–H and O–H groups in total. The largest absolute Gasteiger partial charge is 1.00 e. The quantitative estimate of drug-likeness (QED) is 0.333. The second kappa shape index (κ2) is 6.83. The van der Waals surface area contributed by atoms with Crippen molar-refractivity contribution in [3.63, 3.8) is 0 Å². The summed E-state index contributed by atoms with van der Waals surface area (Å²) in [5.41, 5.74) is 1.18. The molecule has 5 heteroatoms. The molecule has 0 aliphatic carbocycles. The third-order valence-electron chi connectivity index (χ3n) is 3.18. The van der Waals surface area contributed by atoms with Crippen molar-refractivity contribution in [3.05, 3.63) is 11.3 Å². The Labute approximate surface area is 121 Å². The fraction of sp³-hybridized carbons (Fsp3) is 0.667. The second-order valence-electron chi connectivity index (χ2n) is 4.77. The molecular weight excluding hydrogens is 327 g/mol. The van der Waals surface area contributed by atoms with Crippen LogP contribution in [0.25, 0.3) is 0 Å². The standard InChI is InChI=1S/C12H19N4.HI/c1-4-12(11(9-13)10-14)15-5-7-16(2,3)8-6-15;/h4-8H2,1-3H3;1H/q+1;/p-1. The SMILES string of the molecule is CCC(=C(C#N)C#N)N1CC[N+](C)(C)CC1.[I-]. The first-order valence-corrected chi connectivity index (χ1v) is 5.64. The van der Waals surface area contributed by atoms with Gasteiger partial charge >= 0.3 is 0 Å². The zero-order valence-corrected chi connectivity index (χ0v) is 12.9. The number of piperazine rings is 1. The van der Waals surface area contributed by atoms with Crippen molar-refractivity contribution in [1.29, 1.82) is 10.5 Å². The average Bonchev–Trinajstić information content (AvgIpc) is 2.26. The molecule has 0 aromatic heterocycles. The maximum Gasteiger partial charge on any atom is 0.148 e. The Balaban J connectivity index is 0.00000256. The molecule has 4 nitrogen and oxygen atoms in total. The zero-order valence-electron chi connectivity index (χ0n) is 10.7. The molecule has 0 spiro atoms. The molecule has 94 valence electrons. The first kappa shape index (κ1) is 16.2. The molecule has 0 radical (unpaired) electrons. The van der Waals surface area contributed by atoms with E-state index in [1.807, 2.05) is 19.1 Å². The van der Waals surface area contributed by atoms with Gasteiger partial charge in [-0.3, -0.25) is 0 Å². The Morgan fingerprint density at radius 1 is 1.18 bits per heavy atom. The maximum atomic E-state index is 8.90. The Hall–Kier alpha value is -0.790. The minimum absolute atomic E-state index is 0. The first-order chi connectivity index (χ1) is 7.54. The third kappa shape index (κ3) is 4.18. The van der Waals surface area contributed by atoms with Crippen molar-refractivity contribution >= 4 is 0 Å². The van der Waals surface area contributed by atoms with Crippen LogP contribution in [0, 0.1) is 22.7 Å². The van der Waals surface area contributed by atoms with Crippen LogP contribution in [0.4, 0.5) is 0 Å². The van der Waals surface area contributed by atoms with Crippen molar-refractivity contribution < 1.29 is 28.5 Å². The first-order valence-electron chi connectivity index (χ1n) is 5.64.